The van der Waals surface area contributed by atoms with Crippen molar-refractivity contribution >= 4 is 11.8 Å². The fraction of sp³-hybridized carbons (Fsp3) is 0.875. The van der Waals surface area contributed by atoms with E-state index >= 15 is 0 Å². The monoisotopic (exact) mass is 328 g/mol. The Bertz CT molecular complexity index is 422. The molecule has 1 N–H and O–H groups in total. The maximum Gasteiger partial charge on any atom is 0.237 e. The Morgan fingerprint density at radius 3 is 2.39 bits per heavy atom. The van der Waals surface area contributed by atoms with Crippen molar-refractivity contribution in [3.8, 4) is 0 Å². The third kappa shape index (κ3) is 4.22. The smallest absolute Gasteiger partial charge is 0.237 e. The van der Waals surface area contributed by atoms with E-state index in [0.29, 0.717) is 52.3 Å². The molecule has 7 nitrogen and oxygen atoms in total. The van der Waals surface area contributed by atoms with Crippen molar-refractivity contribution in [1.29, 1.82) is 0 Å². The van der Waals surface area contributed by atoms with Gasteiger partial charge in [0.25, 0.3) is 0 Å². The number of hydrogen-bond acceptors (Lipinski definition) is 5. The van der Waals surface area contributed by atoms with Gasteiger partial charge in [-0.1, -0.05) is 0 Å². The van der Waals surface area contributed by atoms with Crippen molar-refractivity contribution in [3.63, 3.8) is 0 Å². The molecule has 0 aromatic heterocycles. The molecular formula is C16H28N2O5. The highest BCUT2D eigenvalue weighted by atomic mass is 16.7. The van der Waals surface area contributed by atoms with Gasteiger partial charge in [0.05, 0.1) is 13.2 Å². The van der Waals surface area contributed by atoms with E-state index in [2.05, 4.69) is 5.32 Å². The first-order valence-corrected chi connectivity index (χ1v) is 8.26. The molecule has 0 radical (unpaired) electrons. The SMILES string of the molecule is COCCCNC(=O)C(C)(C)C(=O)N1CCC2(CC1)OCCO2. The van der Waals surface area contributed by atoms with Crippen LogP contribution < -0.4 is 5.32 Å². The number of likely N-dealkylation sites (tertiary alicyclic amines) is 1. The maximum atomic E-state index is 12.7. The van der Waals surface area contributed by atoms with Gasteiger partial charge in [-0.25, -0.2) is 0 Å². The second-order valence-electron chi connectivity index (χ2n) is 6.63. The predicted molar refractivity (Wildman–Crippen MR) is 83.7 cm³/mol. The van der Waals surface area contributed by atoms with Gasteiger partial charge in [-0.15, -0.1) is 0 Å². The first-order valence-electron chi connectivity index (χ1n) is 8.26. The van der Waals surface area contributed by atoms with Gasteiger partial charge in [0.1, 0.15) is 5.41 Å². The molecule has 2 aliphatic rings. The third-order valence-electron chi connectivity index (χ3n) is 4.54. The second kappa shape index (κ2) is 7.59. The van der Waals surface area contributed by atoms with E-state index in [0.717, 1.165) is 6.42 Å². The lowest BCUT2D eigenvalue weighted by molar-refractivity contribution is -0.189. The van der Waals surface area contributed by atoms with E-state index in [9.17, 15) is 9.59 Å². The lowest BCUT2D eigenvalue weighted by Gasteiger charge is -2.40. The molecule has 2 amide bonds. The summed E-state index contributed by atoms with van der Waals surface area (Å²) in [6, 6.07) is 0. The molecule has 0 saturated carbocycles. The van der Waals surface area contributed by atoms with Crippen LogP contribution in [0.1, 0.15) is 33.1 Å². The van der Waals surface area contributed by atoms with Crippen LogP contribution in [-0.4, -0.2) is 69.1 Å². The summed E-state index contributed by atoms with van der Waals surface area (Å²) in [4.78, 5) is 26.8. The van der Waals surface area contributed by atoms with Crippen LogP contribution in [0.2, 0.25) is 0 Å². The summed E-state index contributed by atoms with van der Waals surface area (Å²) >= 11 is 0. The molecule has 0 aromatic carbocycles. The second-order valence-corrected chi connectivity index (χ2v) is 6.63. The number of hydrogen-bond donors (Lipinski definition) is 1. The first kappa shape index (κ1) is 18.2. The van der Waals surface area contributed by atoms with E-state index in [1.54, 1.807) is 25.9 Å². The standard InChI is InChI=1S/C16H28N2O5/c1-15(2,13(19)17-7-4-10-21-3)14(20)18-8-5-16(6-9-18)22-11-12-23-16/h4-12H2,1-3H3,(H,17,19). The number of carbonyl (C=O) groups is 2. The van der Waals surface area contributed by atoms with Crippen molar-refractivity contribution in [2.24, 2.45) is 5.41 Å². The summed E-state index contributed by atoms with van der Waals surface area (Å²) < 4.78 is 16.3. The average molecular weight is 328 g/mol. The molecule has 2 aliphatic heterocycles. The van der Waals surface area contributed by atoms with E-state index in [-0.39, 0.29) is 11.8 Å². The largest absolute Gasteiger partial charge is 0.385 e. The lowest BCUT2D eigenvalue weighted by atomic mass is 9.89. The fourth-order valence-corrected chi connectivity index (χ4v) is 2.97. The van der Waals surface area contributed by atoms with Gasteiger partial charge in [0, 0.05) is 46.2 Å². The molecule has 0 atom stereocenters. The quantitative estimate of drug-likeness (QED) is 0.568. The van der Waals surface area contributed by atoms with Gasteiger partial charge in [-0.2, -0.15) is 0 Å². The normalized spacial score (nSPS) is 20.7. The van der Waals surface area contributed by atoms with Gasteiger partial charge in [0.2, 0.25) is 11.8 Å². The van der Waals surface area contributed by atoms with Crippen molar-refractivity contribution in [3.05, 3.63) is 0 Å². The topological polar surface area (TPSA) is 77.1 Å². The van der Waals surface area contributed by atoms with Gasteiger partial charge in [-0.05, 0) is 20.3 Å². The van der Waals surface area contributed by atoms with E-state index in [1.807, 2.05) is 0 Å². The molecule has 0 bridgehead atoms. The molecule has 2 rings (SSSR count). The van der Waals surface area contributed by atoms with Crippen LogP contribution in [-0.2, 0) is 23.8 Å². The number of piperidine rings is 1. The van der Waals surface area contributed by atoms with Crippen LogP contribution in [0.4, 0.5) is 0 Å². The van der Waals surface area contributed by atoms with Gasteiger partial charge in [-0.3, -0.25) is 9.59 Å². The van der Waals surface area contributed by atoms with Crippen LogP contribution in [0.15, 0.2) is 0 Å². The van der Waals surface area contributed by atoms with Crippen molar-refractivity contribution in [2.45, 2.75) is 38.9 Å². The van der Waals surface area contributed by atoms with E-state index in [4.69, 9.17) is 14.2 Å². The summed E-state index contributed by atoms with van der Waals surface area (Å²) in [5.41, 5.74) is -1.07. The summed E-state index contributed by atoms with van der Waals surface area (Å²) in [7, 11) is 1.62. The van der Waals surface area contributed by atoms with Crippen molar-refractivity contribution < 1.29 is 23.8 Å². The zero-order chi connectivity index (χ0) is 16.9. The Morgan fingerprint density at radius 1 is 1.22 bits per heavy atom. The Balaban J connectivity index is 1.84. The number of nitrogens with one attached hydrogen (secondary N) is 1. The molecule has 2 saturated heterocycles. The Labute approximate surface area is 137 Å². The average Bonchev–Trinajstić information content (AvgIpc) is 2.99. The number of rotatable bonds is 6. The minimum atomic E-state index is -1.07. The van der Waals surface area contributed by atoms with Crippen LogP contribution in [0.25, 0.3) is 0 Å². The third-order valence-corrected chi connectivity index (χ3v) is 4.54. The molecule has 0 aromatic rings. The number of nitrogens with zero attached hydrogens (tertiary/aromatic N) is 1. The van der Waals surface area contributed by atoms with Gasteiger partial charge >= 0.3 is 0 Å². The molecule has 23 heavy (non-hydrogen) atoms. The molecule has 7 heteroatoms. The predicted octanol–water partition coefficient (Wildman–Crippen LogP) is 0.531. The number of carbonyl (C=O) groups excluding carboxylic acids is 2. The van der Waals surface area contributed by atoms with E-state index in [1.165, 1.54) is 0 Å². The highest BCUT2D eigenvalue weighted by molar-refractivity contribution is 6.04. The number of ether oxygens (including phenoxy) is 3. The molecular weight excluding hydrogens is 300 g/mol. The van der Waals surface area contributed by atoms with Crippen LogP contribution in [0.3, 0.4) is 0 Å². The lowest BCUT2D eigenvalue weighted by Crippen LogP contribution is -2.54. The number of methoxy groups -OCH3 is 1. The van der Waals surface area contributed by atoms with E-state index < -0.39 is 11.2 Å². The zero-order valence-electron chi connectivity index (χ0n) is 14.4. The minimum Gasteiger partial charge on any atom is -0.385 e. The molecule has 0 aliphatic carbocycles. The highest BCUT2D eigenvalue weighted by Crippen LogP contribution is 2.33. The van der Waals surface area contributed by atoms with Gasteiger partial charge < -0.3 is 24.4 Å². The zero-order valence-corrected chi connectivity index (χ0v) is 14.4. The Morgan fingerprint density at radius 2 is 1.83 bits per heavy atom. The first-order chi connectivity index (χ1) is 10.9. The van der Waals surface area contributed by atoms with Crippen LogP contribution in [0.5, 0.6) is 0 Å². The molecule has 0 unspecified atom stereocenters. The molecule has 2 fully saturated rings. The van der Waals surface area contributed by atoms with Crippen LogP contribution >= 0.6 is 0 Å². The molecule has 1 spiro atoms. The fourth-order valence-electron chi connectivity index (χ4n) is 2.97. The minimum absolute atomic E-state index is 0.144. The maximum absolute atomic E-state index is 12.7. The highest BCUT2D eigenvalue weighted by Gasteiger charge is 2.45. The summed E-state index contributed by atoms with van der Waals surface area (Å²) in [5.74, 6) is -0.898. The molecule has 2 heterocycles. The number of amides is 2. The summed E-state index contributed by atoms with van der Waals surface area (Å²) in [6.07, 6.45) is 2.04. The molecule has 132 valence electrons. The Hall–Kier alpha value is -1.18. The Kier molecular flexibility index (Phi) is 6.00. The summed E-state index contributed by atoms with van der Waals surface area (Å²) in [6.45, 7) is 6.78. The van der Waals surface area contributed by atoms with Crippen molar-refractivity contribution in [2.75, 3.05) is 46.6 Å². The van der Waals surface area contributed by atoms with Crippen LogP contribution in [0, 0.1) is 5.41 Å². The van der Waals surface area contributed by atoms with Gasteiger partial charge in [0.15, 0.2) is 5.79 Å². The van der Waals surface area contributed by atoms with Crippen molar-refractivity contribution in [1.82, 2.24) is 10.2 Å². The summed E-state index contributed by atoms with van der Waals surface area (Å²) in [5, 5.41) is 2.81.